The van der Waals surface area contributed by atoms with Gasteiger partial charge in [0.05, 0.1) is 6.04 Å². The molecule has 0 aromatic heterocycles. The Hall–Kier alpha value is -2.13. The number of hydrogen-bond donors (Lipinski definition) is 2. The number of rotatable bonds is 4. The Morgan fingerprint density at radius 1 is 1.16 bits per heavy atom. The van der Waals surface area contributed by atoms with E-state index in [1.165, 1.54) is 0 Å². The summed E-state index contributed by atoms with van der Waals surface area (Å²) in [4.78, 5) is 12.0. The van der Waals surface area contributed by atoms with Crippen LogP contribution in [0.3, 0.4) is 0 Å². The molecule has 0 aliphatic carbocycles. The van der Waals surface area contributed by atoms with Gasteiger partial charge in [-0.2, -0.15) is 0 Å². The predicted molar refractivity (Wildman–Crippen MR) is 77.9 cm³/mol. The first kappa shape index (κ1) is 13.3. The van der Waals surface area contributed by atoms with Crippen LogP contribution in [0.4, 0.5) is 5.69 Å². The highest BCUT2D eigenvalue weighted by atomic mass is 16.2. The van der Waals surface area contributed by atoms with E-state index in [1.807, 2.05) is 61.5 Å². The van der Waals surface area contributed by atoms with Gasteiger partial charge in [-0.15, -0.1) is 0 Å². The normalized spacial score (nSPS) is 11.9. The SMILES string of the molecule is Cc1cccc(NC(=O)[C@H](N)Cc2ccccc2)c1. The van der Waals surface area contributed by atoms with E-state index >= 15 is 0 Å². The highest BCUT2D eigenvalue weighted by Gasteiger charge is 2.14. The van der Waals surface area contributed by atoms with Crippen LogP contribution in [0.5, 0.6) is 0 Å². The molecule has 1 amide bonds. The predicted octanol–water partition coefficient (Wildman–Crippen LogP) is 2.50. The van der Waals surface area contributed by atoms with Crippen molar-refractivity contribution < 1.29 is 4.79 Å². The Bertz CT molecular complexity index is 552. The van der Waals surface area contributed by atoms with Gasteiger partial charge >= 0.3 is 0 Å². The number of anilines is 1. The van der Waals surface area contributed by atoms with Crippen LogP contribution in [0, 0.1) is 6.92 Å². The Balaban J connectivity index is 1.96. The second-order valence-corrected chi connectivity index (χ2v) is 4.65. The highest BCUT2D eigenvalue weighted by molar-refractivity contribution is 5.94. The zero-order valence-corrected chi connectivity index (χ0v) is 11.0. The molecule has 0 fully saturated rings. The molecule has 0 aliphatic rings. The summed E-state index contributed by atoms with van der Waals surface area (Å²) in [6.45, 7) is 1.99. The first-order valence-electron chi connectivity index (χ1n) is 6.32. The summed E-state index contributed by atoms with van der Waals surface area (Å²) in [5, 5.41) is 2.84. The van der Waals surface area contributed by atoms with Crippen molar-refractivity contribution in [3.05, 3.63) is 65.7 Å². The Kier molecular flexibility index (Phi) is 4.31. The van der Waals surface area contributed by atoms with Crippen molar-refractivity contribution in [1.29, 1.82) is 0 Å². The van der Waals surface area contributed by atoms with Gasteiger partial charge in [-0.25, -0.2) is 0 Å². The lowest BCUT2D eigenvalue weighted by atomic mass is 10.1. The Labute approximate surface area is 113 Å². The molecule has 0 heterocycles. The lowest BCUT2D eigenvalue weighted by Gasteiger charge is -2.12. The van der Waals surface area contributed by atoms with Crippen molar-refractivity contribution >= 4 is 11.6 Å². The van der Waals surface area contributed by atoms with Crippen molar-refractivity contribution in [3.63, 3.8) is 0 Å². The maximum Gasteiger partial charge on any atom is 0.241 e. The van der Waals surface area contributed by atoms with Crippen LogP contribution in [-0.4, -0.2) is 11.9 Å². The monoisotopic (exact) mass is 254 g/mol. The number of hydrogen-bond acceptors (Lipinski definition) is 2. The molecule has 0 saturated heterocycles. The molecule has 0 spiro atoms. The molecule has 0 aliphatic heterocycles. The van der Waals surface area contributed by atoms with Crippen molar-refractivity contribution in [3.8, 4) is 0 Å². The fraction of sp³-hybridized carbons (Fsp3) is 0.188. The zero-order chi connectivity index (χ0) is 13.7. The Morgan fingerprint density at radius 3 is 2.58 bits per heavy atom. The molecule has 0 radical (unpaired) electrons. The van der Waals surface area contributed by atoms with E-state index in [1.54, 1.807) is 0 Å². The van der Waals surface area contributed by atoms with Crippen LogP contribution in [0.15, 0.2) is 54.6 Å². The maximum atomic E-state index is 12.0. The van der Waals surface area contributed by atoms with Crippen molar-refractivity contribution in [2.24, 2.45) is 5.73 Å². The molecular weight excluding hydrogens is 236 g/mol. The zero-order valence-electron chi connectivity index (χ0n) is 11.0. The molecule has 98 valence electrons. The topological polar surface area (TPSA) is 55.1 Å². The van der Waals surface area contributed by atoms with Gasteiger partial charge in [-0.1, -0.05) is 42.5 Å². The number of nitrogens with two attached hydrogens (primary N) is 1. The van der Waals surface area contributed by atoms with E-state index in [4.69, 9.17) is 5.73 Å². The summed E-state index contributed by atoms with van der Waals surface area (Å²) in [5.74, 6) is -0.158. The molecule has 2 rings (SSSR count). The van der Waals surface area contributed by atoms with Crippen molar-refractivity contribution in [2.45, 2.75) is 19.4 Å². The van der Waals surface area contributed by atoms with Crippen LogP contribution >= 0.6 is 0 Å². The molecule has 1 atom stereocenters. The third-order valence-corrected chi connectivity index (χ3v) is 2.92. The number of nitrogens with one attached hydrogen (secondary N) is 1. The fourth-order valence-electron chi connectivity index (χ4n) is 1.92. The average Bonchev–Trinajstić information content (AvgIpc) is 2.40. The van der Waals surface area contributed by atoms with Crippen LogP contribution < -0.4 is 11.1 Å². The van der Waals surface area contributed by atoms with Crippen molar-refractivity contribution in [1.82, 2.24) is 0 Å². The molecule has 2 aromatic carbocycles. The molecule has 0 bridgehead atoms. The minimum absolute atomic E-state index is 0.158. The standard InChI is InChI=1S/C16H18N2O/c1-12-6-5-9-14(10-12)18-16(19)15(17)11-13-7-3-2-4-8-13/h2-10,15H,11,17H2,1H3,(H,18,19)/t15-/m1/s1. The van der Waals surface area contributed by atoms with E-state index in [0.717, 1.165) is 16.8 Å². The van der Waals surface area contributed by atoms with Crippen LogP contribution in [0.1, 0.15) is 11.1 Å². The lowest BCUT2D eigenvalue weighted by Crippen LogP contribution is -2.37. The quantitative estimate of drug-likeness (QED) is 0.880. The minimum atomic E-state index is -0.539. The van der Waals surface area contributed by atoms with E-state index in [0.29, 0.717) is 6.42 Å². The van der Waals surface area contributed by atoms with Gasteiger partial charge < -0.3 is 11.1 Å². The van der Waals surface area contributed by atoms with Crippen LogP contribution in [-0.2, 0) is 11.2 Å². The van der Waals surface area contributed by atoms with Gasteiger partial charge in [0.2, 0.25) is 5.91 Å². The molecule has 3 nitrogen and oxygen atoms in total. The second kappa shape index (κ2) is 6.16. The summed E-state index contributed by atoms with van der Waals surface area (Å²) < 4.78 is 0. The summed E-state index contributed by atoms with van der Waals surface area (Å²) in [6.07, 6.45) is 0.540. The second-order valence-electron chi connectivity index (χ2n) is 4.65. The number of benzene rings is 2. The molecule has 19 heavy (non-hydrogen) atoms. The molecule has 0 unspecified atom stereocenters. The highest BCUT2D eigenvalue weighted by Crippen LogP contribution is 2.10. The summed E-state index contributed by atoms with van der Waals surface area (Å²) >= 11 is 0. The summed E-state index contributed by atoms with van der Waals surface area (Å²) in [5.41, 5.74) is 8.88. The largest absolute Gasteiger partial charge is 0.325 e. The first-order chi connectivity index (χ1) is 9.15. The van der Waals surface area contributed by atoms with Gasteiger partial charge in [0.1, 0.15) is 0 Å². The fourth-order valence-corrected chi connectivity index (χ4v) is 1.92. The Morgan fingerprint density at radius 2 is 1.89 bits per heavy atom. The summed E-state index contributed by atoms with van der Waals surface area (Å²) in [7, 11) is 0. The molecule has 3 N–H and O–H groups in total. The van der Waals surface area contributed by atoms with Gasteiger partial charge in [0.15, 0.2) is 0 Å². The number of aryl methyl sites for hydroxylation is 1. The van der Waals surface area contributed by atoms with E-state index < -0.39 is 6.04 Å². The summed E-state index contributed by atoms with van der Waals surface area (Å²) in [6, 6.07) is 16.9. The van der Waals surface area contributed by atoms with Crippen LogP contribution in [0.2, 0.25) is 0 Å². The van der Waals surface area contributed by atoms with Gasteiger partial charge in [-0.05, 0) is 36.6 Å². The third kappa shape index (κ3) is 3.93. The molecule has 2 aromatic rings. The van der Waals surface area contributed by atoms with Crippen LogP contribution in [0.25, 0.3) is 0 Å². The number of amides is 1. The maximum absolute atomic E-state index is 12.0. The smallest absolute Gasteiger partial charge is 0.241 e. The number of carbonyl (C=O) groups is 1. The van der Waals surface area contributed by atoms with E-state index in [9.17, 15) is 4.79 Å². The molecule has 3 heteroatoms. The van der Waals surface area contributed by atoms with Gasteiger partial charge in [0.25, 0.3) is 0 Å². The minimum Gasteiger partial charge on any atom is -0.325 e. The average molecular weight is 254 g/mol. The third-order valence-electron chi connectivity index (χ3n) is 2.92. The van der Waals surface area contributed by atoms with Gasteiger partial charge in [-0.3, -0.25) is 4.79 Å². The van der Waals surface area contributed by atoms with E-state index in [-0.39, 0.29) is 5.91 Å². The van der Waals surface area contributed by atoms with E-state index in [2.05, 4.69) is 5.32 Å². The first-order valence-corrected chi connectivity index (χ1v) is 6.32. The molecular formula is C16H18N2O. The lowest BCUT2D eigenvalue weighted by molar-refractivity contribution is -0.117. The van der Waals surface area contributed by atoms with Crippen molar-refractivity contribution in [2.75, 3.05) is 5.32 Å². The number of carbonyl (C=O) groups excluding carboxylic acids is 1. The molecule has 0 saturated carbocycles. The van der Waals surface area contributed by atoms with Gasteiger partial charge in [0, 0.05) is 5.69 Å².